The fourth-order valence-corrected chi connectivity index (χ4v) is 0.909. The molecule has 1 aromatic heterocycles. The van der Waals surface area contributed by atoms with E-state index in [9.17, 15) is 10.1 Å². The molecule has 1 N–H and O–H groups in total. The molecule has 0 aliphatic heterocycles. The number of hydrogen-bond acceptors (Lipinski definition) is 3. The van der Waals surface area contributed by atoms with Crippen molar-refractivity contribution >= 4 is 27.8 Å². The van der Waals surface area contributed by atoms with Crippen LogP contribution >= 0.6 is 15.9 Å². The number of nitrogens with zero attached hydrogens (tertiary/aromatic N) is 2. The summed E-state index contributed by atoms with van der Waals surface area (Å²) in [7, 11) is 0. The average Bonchev–Trinajstić information content (AvgIpc) is 2.48. The quantitative estimate of drug-likeness (QED) is 0.490. The van der Waals surface area contributed by atoms with Crippen molar-refractivity contribution in [2.75, 3.05) is 5.33 Å². The number of H-pyrrole nitrogens is 1. The summed E-state index contributed by atoms with van der Waals surface area (Å²) in [5.41, 5.74) is 0.347. The number of aromatic amines is 1. The summed E-state index contributed by atoms with van der Waals surface area (Å²) in [6.07, 6.45) is 4.62. The molecular formula is C6H6BrN3O2. The van der Waals surface area contributed by atoms with Gasteiger partial charge in [-0.1, -0.05) is 22.0 Å². The lowest BCUT2D eigenvalue weighted by molar-refractivity contribution is -0.389. The molecule has 0 fully saturated rings. The summed E-state index contributed by atoms with van der Waals surface area (Å²) < 4.78 is 0. The van der Waals surface area contributed by atoms with E-state index in [2.05, 4.69) is 25.9 Å². The van der Waals surface area contributed by atoms with Crippen LogP contribution in [0, 0.1) is 10.1 Å². The second kappa shape index (κ2) is 4.01. The summed E-state index contributed by atoms with van der Waals surface area (Å²) in [5, 5.41) is 11.0. The van der Waals surface area contributed by atoms with Crippen molar-refractivity contribution < 1.29 is 4.92 Å². The number of allylic oxidation sites excluding steroid dienone is 1. The van der Waals surface area contributed by atoms with E-state index in [0.717, 1.165) is 0 Å². The maximum atomic E-state index is 10.3. The number of imidazole rings is 1. The van der Waals surface area contributed by atoms with E-state index in [-0.39, 0.29) is 5.82 Å². The van der Waals surface area contributed by atoms with Crippen molar-refractivity contribution in [2.24, 2.45) is 0 Å². The monoisotopic (exact) mass is 231 g/mol. The van der Waals surface area contributed by atoms with Crippen molar-refractivity contribution in [1.82, 2.24) is 9.97 Å². The molecule has 0 unspecified atom stereocenters. The smallest absolute Gasteiger partial charge is 0.347 e. The minimum atomic E-state index is -0.499. The van der Waals surface area contributed by atoms with Gasteiger partial charge in [0.2, 0.25) is 0 Å². The van der Waals surface area contributed by atoms with Crippen molar-refractivity contribution in [3.63, 3.8) is 0 Å². The molecule has 0 aromatic carbocycles. The van der Waals surface area contributed by atoms with Crippen LogP contribution in [-0.2, 0) is 0 Å². The summed E-state index contributed by atoms with van der Waals surface area (Å²) >= 11 is 3.16. The molecule has 0 saturated heterocycles. The van der Waals surface area contributed by atoms with Crippen LogP contribution in [0.2, 0.25) is 0 Å². The lowest BCUT2D eigenvalue weighted by Crippen LogP contribution is -1.89. The van der Waals surface area contributed by atoms with Crippen LogP contribution in [-0.4, -0.2) is 20.2 Å². The number of nitro groups is 1. The van der Waals surface area contributed by atoms with Crippen LogP contribution in [0.15, 0.2) is 12.4 Å². The predicted molar refractivity (Wildman–Crippen MR) is 48.1 cm³/mol. The Balaban J connectivity index is 2.91. The minimum Gasteiger partial charge on any atom is -0.358 e. The van der Waals surface area contributed by atoms with Crippen LogP contribution in [0.1, 0.15) is 5.69 Å². The SMILES string of the molecule is O=[N+]([O-])c1[nH]cnc1C=CCBr. The molecule has 1 rings (SSSR count). The van der Waals surface area contributed by atoms with E-state index in [1.54, 1.807) is 12.2 Å². The summed E-state index contributed by atoms with van der Waals surface area (Å²) in [5.74, 6) is -0.0767. The molecule has 0 bridgehead atoms. The number of alkyl halides is 1. The second-order valence-corrected chi connectivity index (χ2v) is 2.60. The van der Waals surface area contributed by atoms with E-state index in [0.29, 0.717) is 11.0 Å². The molecule has 0 aliphatic rings. The molecule has 5 nitrogen and oxygen atoms in total. The number of nitrogens with one attached hydrogen (secondary N) is 1. The van der Waals surface area contributed by atoms with Gasteiger partial charge in [-0.3, -0.25) is 0 Å². The minimum absolute atomic E-state index is 0.0767. The fraction of sp³-hybridized carbons (Fsp3) is 0.167. The number of rotatable bonds is 3. The van der Waals surface area contributed by atoms with Crippen LogP contribution in [0.3, 0.4) is 0 Å². The summed E-state index contributed by atoms with van der Waals surface area (Å²) in [4.78, 5) is 16.0. The third-order valence-corrected chi connectivity index (χ3v) is 1.57. The Morgan fingerprint density at radius 3 is 3.17 bits per heavy atom. The second-order valence-electron chi connectivity index (χ2n) is 1.95. The van der Waals surface area contributed by atoms with Crippen molar-refractivity contribution in [3.8, 4) is 0 Å². The van der Waals surface area contributed by atoms with E-state index < -0.39 is 4.92 Å². The van der Waals surface area contributed by atoms with Gasteiger partial charge in [-0.25, -0.2) is 9.97 Å². The molecule has 0 radical (unpaired) electrons. The third kappa shape index (κ3) is 1.91. The Kier molecular flexibility index (Phi) is 2.98. The van der Waals surface area contributed by atoms with Gasteiger partial charge in [-0.2, -0.15) is 0 Å². The number of halogens is 1. The van der Waals surface area contributed by atoms with Gasteiger partial charge in [0.15, 0.2) is 12.0 Å². The number of aromatic nitrogens is 2. The molecule has 0 amide bonds. The first-order valence-corrected chi connectivity index (χ1v) is 4.28. The Labute approximate surface area is 76.8 Å². The Bertz CT molecular complexity index is 307. The maximum Gasteiger partial charge on any atom is 0.347 e. The summed E-state index contributed by atoms with van der Waals surface area (Å²) in [6.45, 7) is 0. The maximum absolute atomic E-state index is 10.3. The lowest BCUT2D eigenvalue weighted by atomic mass is 10.4. The summed E-state index contributed by atoms with van der Waals surface area (Å²) in [6, 6.07) is 0. The zero-order chi connectivity index (χ0) is 8.97. The highest BCUT2D eigenvalue weighted by Gasteiger charge is 2.10. The first-order valence-electron chi connectivity index (χ1n) is 3.16. The van der Waals surface area contributed by atoms with Gasteiger partial charge in [0.05, 0.1) is 0 Å². The van der Waals surface area contributed by atoms with Gasteiger partial charge in [0.25, 0.3) is 0 Å². The average molecular weight is 232 g/mol. The molecule has 0 saturated carbocycles. The molecule has 1 aromatic rings. The van der Waals surface area contributed by atoms with Crippen LogP contribution in [0.4, 0.5) is 5.82 Å². The highest BCUT2D eigenvalue weighted by Crippen LogP contribution is 2.13. The van der Waals surface area contributed by atoms with Gasteiger partial charge >= 0.3 is 5.82 Å². The Morgan fingerprint density at radius 2 is 2.58 bits per heavy atom. The fourth-order valence-electron chi connectivity index (χ4n) is 0.722. The predicted octanol–water partition coefficient (Wildman–Crippen LogP) is 1.73. The highest BCUT2D eigenvalue weighted by molar-refractivity contribution is 9.09. The van der Waals surface area contributed by atoms with Crippen molar-refractivity contribution in [1.29, 1.82) is 0 Å². The third-order valence-electron chi connectivity index (χ3n) is 1.19. The van der Waals surface area contributed by atoms with Gasteiger partial charge in [-0.05, 0) is 11.0 Å². The molecule has 0 aliphatic carbocycles. The van der Waals surface area contributed by atoms with E-state index in [4.69, 9.17) is 0 Å². The zero-order valence-electron chi connectivity index (χ0n) is 6.03. The van der Waals surface area contributed by atoms with Crippen molar-refractivity contribution in [3.05, 3.63) is 28.2 Å². The molecule has 64 valence electrons. The molecular weight excluding hydrogens is 226 g/mol. The first kappa shape index (κ1) is 8.92. The number of hydrogen-bond donors (Lipinski definition) is 1. The Hall–Kier alpha value is -1.17. The standard InChI is InChI=1S/C6H6BrN3O2/c7-3-1-2-5-6(10(11)12)9-4-8-5/h1-2,4H,3H2,(H,8,9). The zero-order valence-corrected chi connectivity index (χ0v) is 7.61. The lowest BCUT2D eigenvalue weighted by Gasteiger charge is -1.89. The molecule has 6 heteroatoms. The van der Waals surface area contributed by atoms with Crippen LogP contribution in [0.25, 0.3) is 6.08 Å². The van der Waals surface area contributed by atoms with Gasteiger partial charge in [-0.15, -0.1) is 0 Å². The highest BCUT2D eigenvalue weighted by atomic mass is 79.9. The van der Waals surface area contributed by atoms with Gasteiger partial charge < -0.3 is 10.1 Å². The topological polar surface area (TPSA) is 71.8 Å². The molecule has 0 atom stereocenters. The molecule has 12 heavy (non-hydrogen) atoms. The Morgan fingerprint density at radius 1 is 1.83 bits per heavy atom. The van der Waals surface area contributed by atoms with Gasteiger partial charge in [0, 0.05) is 5.33 Å². The largest absolute Gasteiger partial charge is 0.358 e. The van der Waals surface area contributed by atoms with Crippen LogP contribution in [0.5, 0.6) is 0 Å². The normalized spacial score (nSPS) is 10.8. The first-order chi connectivity index (χ1) is 5.75. The van der Waals surface area contributed by atoms with Crippen molar-refractivity contribution in [2.45, 2.75) is 0 Å². The van der Waals surface area contributed by atoms with E-state index in [1.807, 2.05) is 0 Å². The van der Waals surface area contributed by atoms with Crippen LogP contribution < -0.4 is 0 Å². The van der Waals surface area contributed by atoms with E-state index in [1.165, 1.54) is 6.33 Å². The van der Waals surface area contributed by atoms with Gasteiger partial charge in [0.1, 0.15) is 0 Å². The molecule has 1 heterocycles. The molecule has 0 spiro atoms. The van der Waals surface area contributed by atoms with E-state index >= 15 is 0 Å².